The normalized spacial score (nSPS) is 16.7. The topological polar surface area (TPSA) is 52.7 Å². The minimum atomic E-state index is -0.901. The molecule has 0 spiro atoms. The van der Waals surface area contributed by atoms with E-state index < -0.39 is 11.9 Å². The first-order valence-corrected chi connectivity index (χ1v) is 13.2. The summed E-state index contributed by atoms with van der Waals surface area (Å²) in [5.41, 5.74) is 4.46. The Morgan fingerprint density at radius 2 is 1.62 bits per heavy atom. The van der Waals surface area contributed by atoms with Crippen LogP contribution in [0.25, 0.3) is 0 Å². The molecule has 1 aliphatic heterocycles. The van der Waals surface area contributed by atoms with Crippen molar-refractivity contribution in [1.29, 1.82) is 0 Å². The number of carbonyl (C=O) groups excluding carboxylic acids is 2. The van der Waals surface area contributed by atoms with E-state index in [9.17, 15) is 14.0 Å². The molecule has 192 valence electrons. The van der Waals surface area contributed by atoms with E-state index in [4.69, 9.17) is 0 Å². The summed E-state index contributed by atoms with van der Waals surface area (Å²) in [7, 11) is 0. The van der Waals surface area contributed by atoms with Gasteiger partial charge in [0.2, 0.25) is 11.8 Å². The average Bonchev–Trinajstić information content (AvgIpc) is 3.30. The van der Waals surface area contributed by atoms with Crippen molar-refractivity contribution >= 4 is 17.5 Å². The van der Waals surface area contributed by atoms with Gasteiger partial charge in [-0.15, -0.1) is 0 Å². The Hall–Kier alpha value is -3.51. The Morgan fingerprint density at radius 3 is 2.30 bits per heavy atom. The Bertz CT molecular complexity index is 1250. The summed E-state index contributed by atoms with van der Waals surface area (Å²) < 4.78 is 14.4. The summed E-state index contributed by atoms with van der Waals surface area (Å²) in [6.45, 7) is 3.41. The highest BCUT2D eigenvalue weighted by atomic mass is 19.1. The molecule has 0 aromatic heterocycles. The molecule has 3 aromatic rings. The lowest BCUT2D eigenvalue weighted by Crippen LogP contribution is -2.49. The maximum Gasteiger partial charge on any atom is 0.248 e. The Balaban J connectivity index is 1.50. The van der Waals surface area contributed by atoms with Gasteiger partial charge in [0.25, 0.3) is 0 Å². The van der Waals surface area contributed by atoms with Crippen LogP contribution in [0, 0.1) is 12.7 Å². The predicted octanol–water partition coefficient (Wildman–Crippen LogP) is 5.67. The van der Waals surface area contributed by atoms with E-state index in [-0.39, 0.29) is 24.4 Å². The van der Waals surface area contributed by atoms with Gasteiger partial charge in [-0.3, -0.25) is 19.4 Å². The third kappa shape index (κ3) is 5.75. The molecule has 1 atom stereocenters. The third-order valence-electron chi connectivity index (χ3n) is 7.56. The number of amides is 2. The lowest BCUT2D eigenvalue weighted by atomic mass is 9.93. The Labute approximate surface area is 218 Å². The fourth-order valence-electron chi connectivity index (χ4n) is 5.66. The van der Waals surface area contributed by atoms with Gasteiger partial charge in [0, 0.05) is 24.8 Å². The van der Waals surface area contributed by atoms with Crippen LogP contribution in [0.2, 0.25) is 0 Å². The number of nitrogens with one attached hydrogen (secondary N) is 1. The van der Waals surface area contributed by atoms with E-state index in [1.54, 1.807) is 12.1 Å². The summed E-state index contributed by atoms with van der Waals surface area (Å²) in [4.78, 5) is 31.6. The maximum atomic E-state index is 14.4. The van der Waals surface area contributed by atoms with Gasteiger partial charge in [-0.1, -0.05) is 73.9 Å². The van der Waals surface area contributed by atoms with Crippen molar-refractivity contribution in [3.05, 3.63) is 101 Å². The molecule has 0 bridgehead atoms. The highest BCUT2D eigenvalue weighted by molar-refractivity contribution is 6.02. The van der Waals surface area contributed by atoms with Gasteiger partial charge in [-0.05, 0) is 60.2 Å². The second-order valence-corrected chi connectivity index (χ2v) is 10.3. The summed E-state index contributed by atoms with van der Waals surface area (Å²) in [5, 5.41) is 3.23. The molecule has 1 heterocycles. The van der Waals surface area contributed by atoms with E-state index >= 15 is 0 Å². The summed E-state index contributed by atoms with van der Waals surface area (Å²) in [6, 6.07) is 21.0. The second-order valence-electron chi connectivity index (χ2n) is 10.3. The first kappa shape index (κ1) is 25.2. The number of hydrogen-bond donors (Lipinski definition) is 1. The average molecular weight is 500 g/mol. The van der Waals surface area contributed by atoms with Gasteiger partial charge < -0.3 is 5.32 Å². The summed E-state index contributed by atoms with van der Waals surface area (Å²) >= 11 is 0. The largest absolute Gasteiger partial charge is 0.351 e. The number of aryl methyl sites for hydroxylation is 1. The number of carbonyl (C=O) groups is 2. The molecule has 5 rings (SSSR count). The monoisotopic (exact) mass is 499 g/mol. The van der Waals surface area contributed by atoms with Gasteiger partial charge in [0.15, 0.2) is 0 Å². The lowest BCUT2D eigenvalue weighted by molar-refractivity contribution is -0.127. The molecule has 6 heteroatoms. The van der Waals surface area contributed by atoms with Gasteiger partial charge in [0.1, 0.15) is 11.9 Å². The van der Waals surface area contributed by atoms with Crippen molar-refractivity contribution in [1.82, 2.24) is 10.2 Å². The molecule has 2 aliphatic rings. The van der Waals surface area contributed by atoms with Crippen LogP contribution in [0.1, 0.15) is 60.4 Å². The zero-order valence-electron chi connectivity index (χ0n) is 21.3. The molecule has 1 aliphatic carbocycles. The van der Waals surface area contributed by atoms with Crippen LogP contribution >= 0.6 is 0 Å². The molecule has 1 fully saturated rings. The van der Waals surface area contributed by atoms with Crippen LogP contribution in [0.4, 0.5) is 10.1 Å². The summed E-state index contributed by atoms with van der Waals surface area (Å²) in [5.74, 6) is -0.894. The minimum absolute atomic E-state index is 0.0883. The van der Waals surface area contributed by atoms with E-state index in [1.165, 1.54) is 34.6 Å². The van der Waals surface area contributed by atoms with Crippen LogP contribution < -0.4 is 10.2 Å². The maximum absolute atomic E-state index is 14.4. The van der Waals surface area contributed by atoms with Crippen molar-refractivity contribution in [2.24, 2.45) is 0 Å². The SMILES string of the molecule is Cc1ccccc1C(C(=O)NC1CCCCC1)N(C(=O)CN1Cc2ccccc2C1)c1cccc(F)c1. The molecule has 1 saturated carbocycles. The number of halogens is 1. The Kier molecular flexibility index (Phi) is 7.65. The molecule has 0 radical (unpaired) electrons. The van der Waals surface area contributed by atoms with Gasteiger partial charge in [-0.25, -0.2) is 4.39 Å². The van der Waals surface area contributed by atoms with Crippen molar-refractivity contribution < 1.29 is 14.0 Å². The number of anilines is 1. The molecule has 37 heavy (non-hydrogen) atoms. The Morgan fingerprint density at radius 1 is 0.946 bits per heavy atom. The molecule has 1 N–H and O–H groups in total. The van der Waals surface area contributed by atoms with Gasteiger partial charge in [-0.2, -0.15) is 0 Å². The first-order chi connectivity index (χ1) is 18.0. The van der Waals surface area contributed by atoms with Crippen molar-refractivity contribution in [3.8, 4) is 0 Å². The molecule has 2 amide bonds. The van der Waals surface area contributed by atoms with Crippen LogP contribution in [0.15, 0.2) is 72.8 Å². The highest BCUT2D eigenvalue weighted by Gasteiger charge is 2.36. The van der Waals surface area contributed by atoms with Crippen LogP contribution in [-0.2, 0) is 22.7 Å². The van der Waals surface area contributed by atoms with E-state index in [0.717, 1.165) is 36.8 Å². The van der Waals surface area contributed by atoms with Crippen molar-refractivity contribution in [2.45, 2.75) is 64.2 Å². The minimum Gasteiger partial charge on any atom is -0.351 e. The second kappa shape index (κ2) is 11.3. The standard InChI is InChI=1S/C31H34FN3O2/c1-22-10-5-8-17-28(22)30(31(37)33-26-14-3-2-4-15-26)35(27-16-9-13-25(32)18-27)29(36)21-34-19-23-11-6-7-12-24(23)20-34/h5-13,16-18,26,30H,2-4,14-15,19-21H2,1H3,(H,33,37). The van der Waals surface area contributed by atoms with E-state index in [0.29, 0.717) is 18.8 Å². The zero-order chi connectivity index (χ0) is 25.8. The molecule has 5 nitrogen and oxygen atoms in total. The van der Waals surface area contributed by atoms with Gasteiger partial charge in [0.05, 0.1) is 6.54 Å². The van der Waals surface area contributed by atoms with Crippen LogP contribution in [0.3, 0.4) is 0 Å². The summed E-state index contributed by atoms with van der Waals surface area (Å²) in [6.07, 6.45) is 5.22. The molecular weight excluding hydrogens is 465 g/mol. The molecular formula is C31H34FN3O2. The lowest BCUT2D eigenvalue weighted by Gasteiger charge is -2.35. The van der Waals surface area contributed by atoms with Gasteiger partial charge >= 0.3 is 0 Å². The fraction of sp³-hybridized carbons (Fsp3) is 0.355. The first-order valence-electron chi connectivity index (χ1n) is 13.2. The predicted molar refractivity (Wildman–Crippen MR) is 143 cm³/mol. The van der Waals surface area contributed by atoms with E-state index in [1.807, 2.05) is 43.3 Å². The molecule has 1 unspecified atom stereocenters. The molecule has 0 saturated heterocycles. The van der Waals surface area contributed by atoms with Crippen LogP contribution in [-0.4, -0.2) is 29.3 Å². The number of hydrogen-bond acceptors (Lipinski definition) is 3. The quantitative estimate of drug-likeness (QED) is 0.456. The number of benzene rings is 3. The van der Waals surface area contributed by atoms with Crippen molar-refractivity contribution in [3.63, 3.8) is 0 Å². The van der Waals surface area contributed by atoms with E-state index in [2.05, 4.69) is 22.3 Å². The van der Waals surface area contributed by atoms with Crippen LogP contribution in [0.5, 0.6) is 0 Å². The third-order valence-corrected chi connectivity index (χ3v) is 7.56. The smallest absolute Gasteiger partial charge is 0.248 e. The molecule has 3 aromatic carbocycles. The number of rotatable bonds is 7. The zero-order valence-corrected chi connectivity index (χ0v) is 21.3. The number of nitrogens with zero attached hydrogens (tertiary/aromatic N) is 2. The fourth-order valence-corrected chi connectivity index (χ4v) is 5.66. The number of fused-ring (bicyclic) bond motifs is 1. The van der Waals surface area contributed by atoms with Crippen molar-refractivity contribution in [2.75, 3.05) is 11.4 Å². The highest BCUT2D eigenvalue weighted by Crippen LogP contribution is 2.32.